The molecule has 2 aromatic carbocycles. The molecule has 4 nitrogen and oxygen atoms in total. The van der Waals surface area contributed by atoms with Crippen molar-refractivity contribution in [2.75, 3.05) is 7.11 Å². The minimum atomic E-state index is -0.118. The average Bonchev–Trinajstić information content (AvgIpc) is 2.77. The van der Waals surface area contributed by atoms with E-state index in [1.165, 1.54) is 5.56 Å². The Bertz CT molecular complexity index is 815. The molecule has 0 atom stereocenters. The van der Waals surface area contributed by atoms with Gasteiger partial charge >= 0.3 is 5.69 Å². The maximum atomic E-state index is 12.2. The number of ether oxygens (including phenoxy) is 1. The lowest BCUT2D eigenvalue weighted by Gasteiger charge is -2.07. The van der Waals surface area contributed by atoms with E-state index < -0.39 is 0 Å². The van der Waals surface area contributed by atoms with Gasteiger partial charge in [-0.1, -0.05) is 30.3 Å². The second-order valence-corrected chi connectivity index (χ2v) is 4.80. The highest BCUT2D eigenvalue weighted by atomic mass is 16.5. The van der Waals surface area contributed by atoms with Gasteiger partial charge < -0.3 is 9.72 Å². The van der Waals surface area contributed by atoms with E-state index in [-0.39, 0.29) is 5.69 Å². The number of imidazole rings is 1. The Kier molecular flexibility index (Phi) is 3.06. The number of fused-ring (bicyclic) bond motifs is 1. The number of benzene rings is 2. The third-order valence-electron chi connectivity index (χ3n) is 3.58. The molecule has 0 unspecified atom stereocenters. The zero-order chi connectivity index (χ0) is 14.1. The van der Waals surface area contributed by atoms with Gasteiger partial charge in [0, 0.05) is 0 Å². The number of hydrogen-bond acceptors (Lipinski definition) is 2. The Morgan fingerprint density at radius 2 is 1.95 bits per heavy atom. The fourth-order valence-corrected chi connectivity index (χ4v) is 2.44. The van der Waals surface area contributed by atoms with Gasteiger partial charge in [0.15, 0.2) is 0 Å². The minimum Gasteiger partial charge on any atom is -0.494 e. The van der Waals surface area contributed by atoms with Gasteiger partial charge in [-0.2, -0.15) is 0 Å². The predicted molar refractivity (Wildman–Crippen MR) is 79.4 cm³/mol. The molecule has 20 heavy (non-hydrogen) atoms. The summed E-state index contributed by atoms with van der Waals surface area (Å²) in [6.07, 6.45) is 0. The summed E-state index contributed by atoms with van der Waals surface area (Å²) < 4.78 is 7.02. The molecule has 0 aliphatic carbocycles. The van der Waals surface area contributed by atoms with Crippen molar-refractivity contribution in [1.82, 2.24) is 9.55 Å². The lowest BCUT2D eigenvalue weighted by atomic mass is 10.1. The number of aromatic amines is 1. The molecular weight excluding hydrogens is 252 g/mol. The van der Waals surface area contributed by atoms with Gasteiger partial charge in [0.05, 0.1) is 19.2 Å². The highest BCUT2D eigenvalue weighted by Crippen LogP contribution is 2.23. The van der Waals surface area contributed by atoms with Crippen LogP contribution in [0.2, 0.25) is 0 Å². The third-order valence-corrected chi connectivity index (χ3v) is 3.58. The van der Waals surface area contributed by atoms with E-state index in [0.717, 1.165) is 16.6 Å². The summed E-state index contributed by atoms with van der Waals surface area (Å²) in [7, 11) is 1.60. The number of rotatable bonds is 3. The standard InChI is InChI=1S/C16H16N2O2/c1-11-6-3-4-7-12(11)10-18-13-8-5-9-14(20-2)15(13)17-16(18)19/h3-9H,10H2,1-2H3,(H,17,19). The Balaban J connectivity index is 2.15. The zero-order valence-electron chi connectivity index (χ0n) is 11.5. The summed E-state index contributed by atoms with van der Waals surface area (Å²) in [5.74, 6) is 0.683. The van der Waals surface area contributed by atoms with Crippen molar-refractivity contribution in [2.24, 2.45) is 0 Å². The number of hydrogen-bond donors (Lipinski definition) is 1. The fourth-order valence-electron chi connectivity index (χ4n) is 2.44. The number of H-pyrrole nitrogens is 1. The lowest BCUT2D eigenvalue weighted by molar-refractivity contribution is 0.419. The van der Waals surface area contributed by atoms with Gasteiger partial charge in [-0.15, -0.1) is 0 Å². The van der Waals surface area contributed by atoms with Crippen LogP contribution in [0.15, 0.2) is 47.3 Å². The van der Waals surface area contributed by atoms with Crippen LogP contribution in [0.25, 0.3) is 11.0 Å². The first kappa shape index (κ1) is 12.5. The van der Waals surface area contributed by atoms with Crippen molar-refractivity contribution in [2.45, 2.75) is 13.5 Å². The number of aromatic nitrogens is 2. The van der Waals surface area contributed by atoms with Gasteiger partial charge in [0.1, 0.15) is 11.3 Å². The van der Waals surface area contributed by atoms with E-state index in [0.29, 0.717) is 12.3 Å². The molecule has 3 aromatic rings. The molecule has 0 bridgehead atoms. The zero-order valence-corrected chi connectivity index (χ0v) is 11.5. The van der Waals surface area contributed by atoms with Crippen LogP contribution in [-0.4, -0.2) is 16.7 Å². The molecule has 0 radical (unpaired) electrons. The molecule has 0 aliphatic heterocycles. The van der Waals surface area contributed by atoms with Gasteiger partial charge in [-0.25, -0.2) is 4.79 Å². The molecule has 4 heteroatoms. The van der Waals surface area contributed by atoms with Gasteiger partial charge in [0.25, 0.3) is 0 Å². The van der Waals surface area contributed by atoms with Crippen LogP contribution in [0.3, 0.4) is 0 Å². The second-order valence-electron chi connectivity index (χ2n) is 4.80. The van der Waals surface area contributed by atoms with E-state index in [9.17, 15) is 4.79 Å². The quantitative estimate of drug-likeness (QED) is 0.794. The monoisotopic (exact) mass is 268 g/mol. The van der Waals surface area contributed by atoms with Crippen molar-refractivity contribution in [3.05, 3.63) is 64.1 Å². The molecule has 1 aromatic heterocycles. The highest BCUT2D eigenvalue weighted by Gasteiger charge is 2.11. The van der Waals surface area contributed by atoms with Crippen LogP contribution in [-0.2, 0) is 6.54 Å². The molecule has 102 valence electrons. The molecular formula is C16H16N2O2. The Hall–Kier alpha value is -2.49. The van der Waals surface area contributed by atoms with Gasteiger partial charge in [-0.05, 0) is 30.2 Å². The largest absolute Gasteiger partial charge is 0.494 e. The first-order valence-electron chi connectivity index (χ1n) is 6.50. The third kappa shape index (κ3) is 1.99. The molecule has 0 saturated heterocycles. The topological polar surface area (TPSA) is 47.0 Å². The molecule has 0 saturated carbocycles. The lowest BCUT2D eigenvalue weighted by Crippen LogP contribution is -2.17. The van der Waals surface area contributed by atoms with Crippen molar-refractivity contribution in [1.29, 1.82) is 0 Å². The molecule has 0 aliphatic rings. The van der Waals surface area contributed by atoms with Crippen LogP contribution in [0.4, 0.5) is 0 Å². The summed E-state index contributed by atoms with van der Waals surface area (Å²) in [5.41, 5.74) is 3.80. The number of nitrogens with zero attached hydrogens (tertiary/aromatic N) is 1. The maximum absolute atomic E-state index is 12.2. The van der Waals surface area contributed by atoms with Crippen LogP contribution in [0.1, 0.15) is 11.1 Å². The van der Waals surface area contributed by atoms with Gasteiger partial charge in [-0.3, -0.25) is 4.57 Å². The van der Waals surface area contributed by atoms with Crippen LogP contribution < -0.4 is 10.4 Å². The predicted octanol–water partition coefficient (Wildman–Crippen LogP) is 2.69. The van der Waals surface area contributed by atoms with E-state index in [1.807, 2.05) is 36.4 Å². The van der Waals surface area contributed by atoms with Gasteiger partial charge in [0.2, 0.25) is 0 Å². The number of para-hydroxylation sites is 1. The molecule has 1 heterocycles. The summed E-state index contributed by atoms with van der Waals surface area (Å²) >= 11 is 0. The number of methoxy groups -OCH3 is 1. The van der Waals surface area contributed by atoms with Crippen molar-refractivity contribution < 1.29 is 4.74 Å². The summed E-state index contributed by atoms with van der Waals surface area (Å²) in [5, 5.41) is 0. The average molecular weight is 268 g/mol. The molecule has 0 fully saturated rings. The number of nitrogens with one attached hydrogen (secondary N) is 1. The normalized spacial score (nSPS) is 10.9. The van der Waals surface area contributed by atoms with Crippen molar-refractivity contribution in [3.63, 3.8) is 0 Å². The molecule has 3 rings (SSSR count). The highest BCUT2D eigenvalue weighted by molar-refractivity contribution is 5.81. The molecule has 0 amide bonds. The van der Waals surface area contributed by atoms with Crippen LogP contribution in [0, 0.1) is 6.92 Å². The van der Waals surface area contributed by atoms with Crippen molar-refractivity contribution in [3.8, 4) is 5.75 Å². The SMILES string of the molecule is COc1cccc2c1[nH]c(=O)n2Cc1ccccc1C. The fraction of sp³-hybridized carbons (Fsp3) is 0.188. The van der Waals surface area contributed by atoms with Crippen LogP contribution in [0.5, 0.6) is 5.75 Å². The van der Waals surface area contributed by atoms with Crippen LogP contribution >= 0.6 is 0 Å². The molecule has 1 N–H and O–H groups in total. The number of aryl methyl sites for hydroxylation is 1. The Morgan fingerprint density at radius 3 is 2.70 bits per heavy atom. The Morgan fingerprint density at radius 1 is 1.15 bits per heavy atom. The van der Waals surface area contributed by atoms with E-state index in [1.54, 1.807) is 11.7 Å². The second kappa shape index (κ2) is 4.89. The minimum absolute atomic E-state index is 0.118. The molecule has 0 spiro atoms. The van der Waals surface area contributed by atoms with E-state index >= 15 is 0 Å². The summed E-state index contributed by atoms with van der Waals surface area (Å²) in [6.45, 7) is 2.61. The summed E-state index contributed by atoms with van der Waals surface area (Å²) in [4.78, 5) is 15.0. The summed E-state index contributed by atoms with van der Waals surface area (Å²) in [6, 6.07) is 13.7. The first-order chi connectivity index (χ1) is 9.70. The van der Waals surface area contributed by atoms with E-state index in [4.69, 9.17) is 4.74 Å². The smallest absolute Gasteiger partial charge is 0.326 e. The first-order valence-corrected chi connectivity index (χ1v) is 6.50. The maximum Gasteiger partial charge on any atom is 0.326 e. The Labute approximate surface area is 116 Å². The van der Waals surface area contributed by atoms with E-state index in [2.05, 4.69) is 18.0 Å². The van der Waals surface area contributed by atoms with Crippen molar-refractivity contribution >= 4 is 11.0 Å².